The molecule has 0 radical (unpaired) electrons. The molecule has 192 valence electrons. The summed E-state index contributed by atoms with van der Waals surface area (Å²) in [5, 5.41) is 11.0. The van der Waals surface area contributed by atoms with Gasteiger partial charge in [-0.15, -0.1) is 0 Å². The molecule has 0 heterocycles. The number of rotatable bonds is 14. The smallest absolute Gasteiger partial charge is 0.315 e. The number of aliphatic carboxylic acids is 1. The normalized spacial score (nSPS) is 40.0. The molecule has 0 aromatic carbocycles. The SMILES string of the molecule is CCCCCCCCCCOCC12CC3C(C)CCC3C3(C=O)CC1C=C(C(C)C)C32C(=O)O. The highest BCUT2D eigenvalue weighted by molar-refractivity contribution is 5.90. The Balaban J connectivity index is 1.51. The van der Waals surface area contributed by atoms with E-state index in [9.17, 15) is 14.7 Å². The highest BCUT2D eigenvalue weighted by Crippen LogP contribution is 2.82. The molecule has 4 heteroatoms. The molecule has 4 aliphatic carbocycles. The average molecular weight is 473 g/mol. The fourth-order valence-corrected chi connectivity index (χ4v) is 9.23. The second-order valence-electron chi connectivity index (χ2n) is 12.5. The lowest BCUT2D eigenvalue weighted by molar-refractivity contribution is -0.186. The van der Waals surface area contributed by atoms with Crippen molar-refractivity contribution in [1.29, 1.82) is 0 Å². The van der Waals surface area contributed by atoms with Gasteiger partial charge >= 0.3 is 5.97 Å². The van der Waals surface area contributed by atoms with Crippen LogP contribution in [-0.4, -0.2) is 30.6 Å². The molecule has 4 nitrogen and oxygen atoms in total. The summed E-state index contributed by atoms with van der Waals surface area (Å²) < 4.78 is 6.38. The van der Waals surface area contributed by atoms with Crippen LogP contribution >= 0.6 is 0 Å². The minimum Gasteiger partial charge on any atom is -0.481 e. The Kier molecular flexibility index (Phi) is 7.68. The van der Waals surface area contributed by atoms with Crippen molar-refractivity contribution in [3.8, 4) is 0 Å². The quantitative estimate of drug-likeness (QED) is 0.167. The molecule has 0 aromatic rings. The summed E-state index contributed by atoms with van der Waals surface area (Å²) in [6.45, 7) is 9.97. The van der Waals surface area contributed by atoms with E-state index in [1.807, 2.05) is 0 Å². The van der Waals surface area contributed by atoms with E-state index in [2.05, 4.69) is 33.8 Å². The molecule has 4 aliphatic rings. The van der Waals surface area contributed by atoms with Gasteiger partial charge < -0.3 is 14.6 Å². The number of ether oxygens (including phenoxy) is 1. The van der Waals surface area contributed by atoms with Crippen LogP contribution < -0.4 is 0 Å². The monoisotopic (exact) mass is 472 g/mol. The summed E-state index contributed by atoms with van der Waals surface area (Å²) in [5.41, 5.74) is -1.32. The van der Waals surface area contributed by atoms with Gasteiger partial charge in [0.2, 0.25) is 0 Å². The lowest BCUT2D eigenvalue weighted by Gasteiger charge is -2.58. The van der Waals surface area contributed by atoms with Crippen LogP contribution in [0.1, 0.15) is 105 Å². The van der Waals surface area contributed by atoms with Crippen molar-refractivity contribution in [3.63, 3.8) is 0 Å². The molecule has 0 saturated heterocycles. The molecule has 4 rings (SSSR count). The molecular formula is C30H48O4. The van der Waals surface area contributed by atoms with Crippen LogP contribution in [0.4, 0.5) is 0 Å². The van der Waals surface area contributed by atoms with E-state index in [0.717, 1.165) is 37.5 Å². The minimum atomic E-state index is -1.09. The van der Waals surface area contributed by atoms with Crippen molar-refractivity contribution >= 4 is 12.3 Å². The standard InChI is InChI=1S/C30H48O4/c1-5-6-7-8-9-10-11-12-15-34-20-29-18-24-22(4)13-14-25(24)28(19-31)17-23(29)16-26(21(2)3)30(28,29)27(32)33/h16,19,21-25H,5-15,17-18,20H2,1-4H3,(H,32,33). The predicted molar refractivity (Wildman–Crippen MR) is 135 cm³/mol. The first-order chi connectivity index (χ1) is 16.3. The molecule has 34 heavy (non-hydrogen) atoms. The van der Waals surface area contributed by atoms with Crippen LogP contribution in [0.2, 0.25) is 0 Å². The van der Waals surface area contributed by atoms with E-state index in [1.165, 1.54) is 44.9 Å². The Morgan fingerprint density at radius 2 is 1.79 bits per heavy atom. The van der Waals surface area contributed by atoms with Crippen molar-refractivity contribution < 1.29 is 19.4 Å². The van der Waals surface area contributed by atoms with E-state index < -0.39 is 22.2 Å². The molecule has 7 unspecified atom stereocenters. The maximum Gasteiger partial charge on any atom is 0.315 e. The number of hydrogen-bond donors (Lipinski definition) is 1. The Morgan fingerprint density at radius 1 is 1.12 bits per heavy atom. The minimum absolute atomic E-state index is 0.128. The summed E-state index contributed by atoms with van der Waals surface area (Å²) in [6.07, 6.45) is 17.2. The Hall–Kier alpha value is -1.16. The first-order valence-electron chi connectivity index (χ1n) is 14.3. The van der Waals surface area contributed by atoms with Gasteiger partial charge in [0.05, 0.1) is 12.0 Å². The van der Waals surface area contributed by atoms with Crippen molar-refractivity contribution in [1.82, 2.24) is 0 Å². The number of fused-ring (bicyclic) bond motifs is 2. The largest absolute Gasteiger partial charge is 0.481 e. The maximum absolute atomic E-state index is 13.4. The molecule has 3 fully saturated rings. The third-order valence-corrected chi connectivity index (χ3v) is 10.6. The van der Waals surface area contributed by atoms with Crippen molar-refractivity contribution in [2.75, 3.05) is 13.2 Å². The van der Waals surface area contributed by atoms with E-state index in [0.29, 0.717) is 31.5 Å². The van der Waals surface area contributed by atoms with E-state index >= 15 is 0 Å². The van der Waals surface area contributed by atoms with Gasteiger partial charge in [-0.2, -0.15) is 0 Å². The summed E-state index contributed by atoms with van der Waals surface area (Å²) in [4.78, 5) is 26.4. The lowest BCUT2D eigenvalue weighted by atomic mass is 9.43. The lowest BCUT2D eigenvalue weighted by Crippen LogP contribution is -2.63. The van der Waals surface area contributed by atoms with Gasteiger partial charge in [-0.3, -0.25) is 4.79 Å². The third-order valence-electron chi connectivity index (χ3n) is 10.6. The molecule has 0 spiro atoms. The van der Waals surface area contributed by atoms with E-state index in [4.69, 9.17) is 4.74 Å². The zero-order valence-electron chi connectivity index (χ0n) is 22.1. The number of hydrogen-bond acceptors (Lipinski definition) is 3. The first kappa shape index (κ1) is 25.9. The number of allylic oxidation sites excluding steroid dienone is 1. The highest BCUT2D eigenvalue weighted by Gasteiger charge is 2.84. The zero-order chi connectivity index (χ0) is 24.6. The number of aldehydes is 1. The molecule has 3 saturated carbocycles. The number of carboxylic acid groups (broad SMARTS) is 1. The fraction of sp³-hybridized carbons (Fsp3) is 0.867. The van der Waals surface area contributed by atoms with Gasteiger partial charge in [0.15, 0.2) is 0 Å². The summed E-state index contributed by atoms with van der Waals surface area (Å²) in [7, 11) is 0. The van der Waals surface area contributed by atoms with Crippen LogP contribution in [0.25, 0.3) is 0 Å². The zero-order valence-corrected chi connectivity index (χ0v) is 22.1. The van der Waals surface area contributed by atoms with Gasteiger partial charge in [0.1, 0.15) is 11.7 Å². The van der Waals surface area contributed by atoms with Gasteiger partial charge in [0, 0.05) is 12.0 Å². The third kappa shape index (κ3) is 3.56. The molecule has 1 N–H and O–H groups in total. The Morgan fingerprint density at radius 3 is 2.41 bits per heavy atom. The van der Waals surface area contributed by atoms with Crippen molar-refractivity contribution in [3.05, 3.63) is 11.6 Å². The molecular weight excluding hydrogens is 424 g/mol. The van der Waals surface area contributed by atoms with Crippen LogP contribution in [0.15, 0.2) is 11.6 Å². The molecule has 0 amide bonds. The first-order valence-corrected chi connectivity index (χ1v) is 14.3. The fourth-order valence-electron chi connectivity index (χ4n) is 9.23. The van der Waals surface area contributed by atoms with Crippen molar-refractivity contribution in [2.45, 2.75) is 105 Å². The Labute approximate surface area is 207 Å². The van der Waals surface area contributed by atoms with Gasteiger partial charge in [-0.1, -0.05) is 90.7 Å². The van der Waals surface area contributed by atoms with E-state index in [1.54, 1.807) is 0 Å². The van der Waals surface area contributed by atoms with Crippen LogP contribution in [0, 0.1) is 45.8 Å². The Bertz CT molecular complexity index is 787. The second kappa shape index (κ2) is 10.1. The molecule has 0 aromatic heterocycles. The number of unbranched alkanes of at least 4 members (excludes halogenated alkanes) is 7. The van der Waals surface area contributed by atoms with Gasteiger partial charge in [-0.25, -0.2) is 0 Å². The summed E-state index contributed by atoms with van der Waals surface area (Å²) >= 11 is 0. The van der Waals surface area contributed by atoms with Gasteiger partial charge in [-0.05, 0) is 55.3 Å². The number of carbonyl (C=O) groups excluding carboxylic acids is 1. The van der Waals surface area contributed by atoms with Crippen LogP contribution in [0.5, 0.6) is 0 Å². The molecule has 4 bridgehead atoms. The van der Waals surface area contributed by atoms with Crippen molar-refractivity contribution in [2.24, 2.45) is 45.8 Å². The maximum atomic E-state index is 13.4. The molecule has 7 atom stereocenters. The van der Waals surface area contributed by atoms with Gasteiger partial charge in [0.25, 0.3) is 0 Å². The summed E-state index contributed by atoms with van der Waals surface area (Å²) in [6, 6.07) is 0. The number of carboxylic acids is 1. The predicted octanol–water partition coefficient (Wildman–Crippen LogP) is 7.07. The highest BCUT2D eigenvalue weighted by atomic mass is 16.5. The van der Waals surface area contributed by atoms with E-state index in [-0.39, 0.29) is 17.8 Å². The van der Waals surface area contributed by atoms with Crippen LogP contribution in [-0.2, 0) is 14.3 Å². The topological polar surface area (TPSA) is 63.6 Å². The summed E-state index contributed by atoms with van der Waals surface area (Å²) in [5.74, 6) is 0.695. The average Bonchev–Trinajstić information content (AvgIpc) is 3.37. The second-order valence-corrected chi connectivity index (χ2v) is 12.5. The van der Waals surface area contributed by atoms with Crippen LogP contribution in [0.3, 0.4) is 0 Å². The number of carbonyl (C=O) groups is 2. The molecule has 0 aliphatic heterocycles.